The number of phenols is 1. The highest BCUT2D eigenvalue weighted by Crippen LogP contribution is 2.37. The van der Waals surface area contributed by atoms with E-state index in [9.17, 15) is 18.7 Å². The van der Waals surface area contributed by atoms with Crippen molar-refractivity contribution >= 4 is 22.9 Å². The molecule has 27 heavy (non-hydrogen) atoms. The summed E-state index contributed by atoms with van der Waals surface area (Å²) in [6.07, 6.45) is 2.44. The minimum absolute atomic E-state index is 0.0543. The fourth-order valence-electron chi connectivity index (χ4n) is 3.29. The van der Waals surface area contributed by atoms with Crippen molar-refractivity contribution in [2.45, 2.75) is 26.7 Å². The number of carboxylic acid groups (broad SMARTS) is 1. The first-order valence-electron chi connectivity index (χ1n) is 8.45. The van der Waals surface area contributed by atoms with Crippen molar-refractivity contribution in [3.63, 3.8) is 0 Å². The summed E-state index contributed by atoms with van der Waals surface area (Å²) < 4.78 is 29.6. The number of benzene rings is 2. The minimum atomic E-state index is -1.12. The summed E-state index contributed by atoms with van der Waals surface area (Å²) in [5.74, 6) is -2.83. The fourth-order valence-corrected chi connectivity index (χ4v) is 3.29. The van der Waals surface area contributed by atoms with Gasteiger partial charge >= 0.3 is 5.97 Å². The van der Waals surface area contributed by atoms with Gasteiger partial charge in [-0.2, -0.15) is 0 Å². The molecule has 3 rings (SSSR count). The monoisotopic (exact) mass is 371 g/mol. The van der Waals surface area contributed by atoms with Gasteiger partial charge in [0.15, 0.2) is 11.6 Å². The Bertz CT molecular complexity index is 1080. The van der Waals surface area contributed by atoms with Gasteiger partial charge in [0.05, 0.1) is 5.52 Å². The zero-order valence-electron chi connectivity index (χ0n) is 15.1. The highest BCUT2D eigenvalue weighted by atomic mass is 19.1. The molecule has 0 atom stereocenters. The molecule has 0 fully saturated rings. The summed E-state index contributed by atoms with van der Waals surface area (Å²) in [6.45, 7) is 5.49. The minimum Gasteiger partial charge on any atom is -0.505 e. The Morgan fingerprint density at radius 2 is 1.85 bits per heavy atom. The molecular weight excluding hydrogens is 352 g/mol. The molecule has 0 aliphatic rings. The van der Waals surface area contributed by atoms with Crippen molar-refractivity contribution in [3.8, 4) is 11.4 Å². The van der Waals surface area contributed by atoms with E-state index in [0.717, 1.165) is 11.8 Å². The Hall–Kier alpha value is -3.15. The van der Waals surface area contributed by atoms with E-state index < -0.39 is 17.5 Å². The Balaban J connectivity index is 2.46. The second-order valence-corrected chi connectivity index (χ2v) is 6.71. The Morgan fingerprint density at radius 1 is 1.15 bits per heavy atom. The molecule has 0 aliphatic heterocycles. The number of nitrogens with zero attached hydrogens (tertiary/aromatic N) is 1. The van der Waals surface area contributed by atoms with E-state index >= 15 is 0 Å². The molecule has 6 heteroatoms. The van der Waals surface area contributed by atoms with Crippen LogP contribution in [0.25, 0.3) is 22.7 Å². The molecule has 3 aromatic rings. The number of aryl methyl sites for hydroxylation is 1. The normalized spacial score (nSPS) is 11.8. The lowest BCUT2D eigenvalue weighted by Gasteiger charge is -2.15. The third-order valence-corrected chi connectivity index (χ3v) is 4.45. The number of fused-ring (bicyclic) bond motifs is 1. The van der Waals surface area contributed by atoms with Crippen LogP contribution in [-0.4, -0.2) is 20.7 Å². The second kappa shape index (κ2) is 6.87. The van der Waals surface area contributed by atoms with Gasteiger partial charge in [0.2, 0.25) is 0 Å². The Morgan fingerprint density at radius 3 is 2.44 bits per heavy atom. The standard InChI is InChI=1S/C21H19F2NO3/c1-11(2)21-14(5-7-20(26)27)15-9-19(25)17(23)10-18(15)24(21)13-4-6-16(22)12(3)8-13/h4-11,25H,1-3H3,(H,26,27). The second-order valence-electron chi connectivity index (χ2n) is 6.71. The van der Waals surface area contributed by atoms with Gasteiger partial charge in [-0.25, -0.2) is 13.6 Å². The van der Waals surface area contributed by atoms with E-state index in [2.05, 4.69) is 0 Å². The van der Waals surface area contributed by atoms with Crippen LogP contribution in [-0.2, 0) is 4.79 Å². The number of phenolic OH excluding ortho intramolecular Hbond substituents is 1. The van der Waals surface area contributed by atoms with Crippen molar-refractivity contribution in [2.24, 2.45) is 0 Å². The van der Waals surface area contributed by atoms with E-state index in [4.69, 9.17) is 5.11 Å². The van der Waals surface area contributed by atoms with Gasteiger partial charge in [-0.1, -0.05) is 13.8 Å². The van der Waals surface area contributed by atoms with E-state index in [1.807, 2.05) is 13.8 Å². The SMILES string of the molecule is Cc1cc(-n2c(C(C)C)c(C=CC(=O)O)c3cc(O)c(F)cc32)ccc1F. The van der Waals surface area contributed by atoms with Crippen molar-refractivity contribution in [1.82, 2.24) is 4.57 Å². The average Bonchev–Trinajstić information content (AvgIpc) is 2.89. The van der Waals surface area contributed by atoms with Crippen molar-refractivity contribution in [1.29, 1.82) is 0 Å². The molecular formula is C21H19F2NO3. The van der Waals surface area contributed by atoms with Crippen LogP contribution in [0, 0.1) is 18.6 Å². The number of aromatic hydroxyl groups is 1. The molecule has 0 saturated heterocycles. The Labute approximate surface area is 155 Å². The van der Waals surface area contributed by atoms with Crippen LogP contribution in [0.4, 0.5) is 8.78 Å². The molecule has 0 amide bonds. The van der Waals surface area contributed by atoms with Gasteiger partial charge in [-0.05, 0) is 48.7 Å². The maximum atomic E-state index is 14.1. The van der Waals surface area contributed by atoms with Crippen LogP contribution in [0.15, 0.2) is 36.4 Å². The molecule has 2 aromatic carbocycles. The highest BCUT2D eigenvalue weighted by molar-refractivity contribution is 5.97. The first-order valence-corrected chi connectivity index (χ1v) is 8.45. The van der Waals surface area contributed by atoms with Crippen molar-refractivity contribution in [3.05, 3.63) is 64.9 Å². The van der Waals surface area contributed by atoms with E-state index in [1.54, 1.807) is 23.6 Å². The van der Waals surface area contributed by atoms with Crippen LogP contribution in [0.3, 0.4) is 0 Å². The van der Waals surface area contributed by atoms with Crippen molar-refractivity contribution < 1.29 is 23.8 Å². The molecule has 0 radical (unpaired) electrons. The number of halogens is 2. The number of aliphatic carboxylic acids is 1. The molecule has 0 bridgehead atoms. The molecule has 0 aliphatic carbocycles. The maximum Gasteiger partial charge on any atom is 0.328 e. The average molecular weight is 371 g/mol. The summed E-state index contributed by atoms with van der Waals surface area (Å²) in [7, 11) is 0. The zero-order chi connectivity index (χ0) is 19.9. The largest absolute Gasteiger partial charge is 0.505 e. The summed E-state index contributed by atoms with van der Waals surface area (Å²) in [4.78, 5) is 11.0. The molecule has 4 nitrogen and oxygen atoms in total. The van der Waals surface area contributed by atoms with Gasteiger partial charge in [-0.15, -0.1) is 0 Å². The lowest BCUT2D eigenvalue weighted by atomic mass is 10.0. The third kappa shape index (κ3) is 3.30. The number of carbonyl (C=O) groups is 1. The topological polar surface area (TPSA) is 62.5 Å². The Kier molecular flexibility index (Phi) is 4.74. The summed E-state index contributed by atoms with van der Waals surface area (Å²) >= 11 is 0. The summed E-state index contributed by atoms with van der Waals surface area (Å²) in [6, 6.07) is 7.06. The summed E-state index contributed by atoms with van der Waals surface area (Å²) in [5, 5.41) is 19.4. The number of rotatable bonds is 4. The molecule has 0 saturated carbocycles. The molecule has 0 spiro atoms. The van der Waals surface area contributed by atoms with Crippen LogP contribution in [0.2, 0.25) is 0 Å². The number of hydrogen-bond donors (Lipinski definition) is 2. The molecule has 1 heterocycles. The van der Waals surface area contributed by atoms with Gasteiger partial charge in [0, 0.05) is 34.5 Å². The number of carboxylic acids is 1. The summed E-state index contributed by atoms with van der Waals surface area (Å²) in [5.41, 5.74) is 2.83. The van der Waals surface area contributed by atoms with Crippen LogP contribution in [0.5, 0.6) is 5.75 Å². The molecule has 2 N–H and O–H groups in total. The predicted octanol–water partition coefficient (Wildman–Crippen LogP) is 5.14. The van der Waals surface area contributed by atoms with E-state index in [1.165, 1.54) is 24.3 Å². The zero-order valence-corrected chi connectivity index (χ0v) is 15.1. The van der Waals surface area contributed by atoms with Crippen LogP contribution in [0.1, 0.15) is 36.6 Å². The lowest BCUT2D eigenvalue weighted by Crippen LogP contribution is -2.04. The van der Waals surface area contributed by atoms with Gasteiger partial charge in [-0.3, -0.25) is 0 Å². The molecule has 1 aromatic heterocycles. The predicted molar refractivity (Wildman–Crippen MR) is 100 cm³/mol. The number of aromatic nitrogens is 1. The van der Waals surface area contributed by atoms with E-state index in [-0.39, 0.29) is 11.7 Å². The molecule has 0 unspecified atom stereocenters. The first kappa shape index (κ1) is 18.6. The fraction of sp³-hybridized carbons (Fsp3) is 0.190. The lowest BCUT2D eigenvalue weighted by molar-refractivity contribution is -0.131. The van der Waals surface area contributed by atoms with Gasteiger partial charge in [0.1, 0.15) is 5.82 Å². The van der Waals surface area contributed by atoms with Crippen molar-refractivity contribution in [2.75, 3.05) is 0 Å². The van der Waals surface area contributed by atoms with Gasteiger partial charge < -0.3 is 14.8 Å². The smallest absolute Gasteiger partial charge is 0.328 e. The van der Waals surface area contributed by atoms with Crippen LogP contribution < -0.4 is 0 Å². The third-order valence-electron chi connectivity index (χ3n) is 4.45. The number of hydrogen-bond acceptors (Lipinski definition) is 2. The maximum absolute atomic E-state index is 14.1. The first-order chi connectivity index (χ1) is 12.7. The van der Waals surface area contributed by atoms with Crippen LogP contribution >= 0.6 is 0 Å². The van der Waals surface area contributed by atoms with Gasteiger partial charge in [0.25, 0.3) is 0 Å². The van der Waals surface area contributed by atoms with E-state index in [0.29, 0.717) is 27.7 Å². The highest BCUT2D eigenvalue weighted by Gasteiger charge is 2.21. The quantitative estimate of drug-likeness (QED) is 0.624. The molecule has 140 valence electrons.